The van der Waals surface area contributed by atoms with Crippen LogP contribution in [0.5, 0.6) is 0 Å². The molecule has 26 heavy (non-hydrogen) atoms. The number of hydrogen-bond donors (Lipinski definition) is 0. The summed E-state index contributed by atoms with van der Waals surface area (Å²) in [6.07, 6.45) is 1.97. The Balaban J connectivity index is 1.54. The molecule has 0 N–H and O–H groups in total. The molecule has 2 aromatic heterocycles. The van der Waals surface area contributed by atoms with Gasteiger partial charge < -0.3 is 9.30 Å². The average molecular weight is 382 g/mol. The Morgan fingerprint density at radius 1 is 1.08 bits per heavy atom. The number of para-hydroxylation sites is 2. The number of thioether (sulfide) groups is 1. The van der Waals surface area contributed by atoms with Crippen molar-refractivity contribution in [1.82, 2.24) is 14.5 Å². The second-order valence-corrected chi connectivity index (χ2v) is 7.87. The number of benzene rings is 2. The third kappa shape index (κ3) is 3.67. The van der Waals surface area contributed by atoms with Gasteiger partial charge >= 0.3 is 0 Å². The SMILES string of the molecule is COCCn1c(SCc2cnc(-c3ccccc3)s2)nc2ccccc21. The first-order valence-corrected chi connectivity index (χ1v) is 10.2. The third-order valence-corrected chi connectivity index (χ3v) is 6.31. The normalized spacial score (nSPS) is 11.3. The minimum atomic E-state index is 0.673. The minimum absolute atomic E-state index is 0.673. The maximum absolute atomic E-state index is 5.27. The van der Waals surface area contributed by atoms with E-state index in [4.69, 9.17) is 9.72 Å². The molecule has 4 aromatic rings. The second kappa shape index (κ2) is 8.03. The van der Waals surface area contributed by atoms with Gasteiger partial charge in [-0.05, 0) is 12.1 Å². The number of thiazole rings is 1. The molecule has 0 radical (unpaired) electrons. The zero-order valence-electron chi connectivity index (χ0n) is 14.5. The highest BCUT2D eigenvalue weighted by Crippen LogP contribution is 2.31. The molecule has 0 unspecified atom stereocenters. The van der Waals surface area contributed by atoms with Crippen LogP contribution >= 0.6 is 23.1 Å². The van der Waals surface area contributed by atoms with Gasteiger partial charge in [-0.25, -0.2) is 9.97 Å². The number of aromatic nitrogens is 3. The van der Waals surface area contributed by atoms with Crippen LogP contribution in [0, 0.1) is 0 Å². The molecule has 0 aliphatic carbocycles. The van der Waals surface area contributed by atoms with Crippen LogP contribution in [0.4, 0.5) is 0 Å². The van der Waals surface area contributed by atoms with Crippen molar-refractivity contribution in [3.8, 4) is 10.6 Å². The molecule has 0 atom stereocenters. The number of ether oxygens (including phenoxy) is 1. The standard InChI is InChI=1S/C20H19N3OS2/c1-24-12-11-23-18-10-6-5-9-17(18)22-20(23)25-14-16-13-21-19(26-16)15-7-3-2-4-8-15/h2-10,13H,11-12,14H2,1H3. The molecule has 0 amide bonds. The molecule has 132 valence electrons. The van der Waals surface area contributed by atoms with Gasteiger partial charge in [-0.15, -0.1) is 11.3 Å². The van der Waals surface area contributed by atoms with Crippen LogP contribution in [-0.4, -0.2) is 28.3 Å². The van der Waals surface area contributed by atoms with Crippen LogP contribution in [0.2, 0.25) is 0 Å². The van der Waals surface area contributed by atoms with Crippen LogP contribution in [0.3, 0.4) is 0 Å². The monoisotopic (exact) mass is 381 g/mol. The topological polar surface area (TPSA) is 39.9 Å². The number of imidazole rings is 1. The summed E-state index contributed by atoms with van der Waals surface area (Å²) in [7, 11) is 1.73. The summed E-state index contributed by atoms with van der Waals surface area (Å²) in [6.45, 7) is 1.48. The molecule has 0 saturated heterocycles. The lowest BCUT2D eigenvalue weighted by Gasteiger charge is -2.07. The maximum atomic E-state index is 5.27. The second-order valence-electron chi connectivity index (χ2n) is 5.81. The highest BCUT2D eigenvalue weighted by atomic mass is 32.2. The summed E-state index contributed by atoms with van der Waals surface area (Å²) in [5.41, 5.74) is 3.35. The van der Waals surface area contributed by atoms with Crippen LogP contribution in [-0.2, 0) is 17.0 Å². The van der Waals surface area contributed by atoms with E-state index in [1.165, 1.54) is 10.4 Å². The zero-order valence-corrected chi connectivity index (χ0v) is 16.1. The first-order chi connectivity index (χ1) is 12.8. The Morgan fingerprint density at radius 3 is 2.73 bits per heavy atom. The molecule has 6 heteroatoms. The van der Waals surface area contributed by atoms with E-state index in [2.05, 4.69) is 39.9 Å². The van der Waals surface area contributed by atoms with E-state index in [9.17, 15) is 0 Å². The van der Waals surface area contributed by atoms with Crippen LogP contribution in [0.15, 0.2) is 66.0 Å². The van der Waals surface area contributed by atoms with Crippen molar-refractivity contribution in [2.24, 2.45) is 0 Å². The number of methoxy groups -OCH3 is 1. The molecule has 0 aliphatic rings. The van der Waals surface area contributed by atoms with Gasteiger partial charge in [0.1, 0.15) is 5.01 Å². The molecule has 0 spiro atoms. The van der Waals surface area contributed by atoms with Gasteiger partial charge in [0.25, 0.3) is 0 Å². The number of fused-ring (bicyclic) bond motifs is 1. The van der Waals surface area contributed by atoms with E-state index in [1.807, 2.05) is 30.5 Å². The smallest absolute Gasteiger partial charge is 0.169 e. The van der Waals surface area contributed by atoms with Gasteiger partial charge in [0.05, 0.1) is 17.6 Å². The lowest BCUT2D eigenvalue weighted by molar-refractivity contribution is 0.186. The van der Waals surface area contributed by atoms with E-state index in [-0.39, 0.29) is 0 Å². The summed E-state index contributed by atoms with van der Waals surface area (Å²) in [5, 5.41) is 2.09. The van der Waals surface area contributed by atoms with Crippen LogP contribution in [0.25, 0.3) is 21.6 Å². The summed E-state index contributed by atoms with van der Waals surface area (Å²) < 4.78 is 7.51. The highest BCUT2D eigenvalue weighted by Gasteiger charge is 2.12. The van der Waals surface area contributed by atoms with Gasteiger partial charge in [-0.2, -0.15) is 0 Å². The molecular formula is C20H19N3OS2. The summed E-state index contributed by atoms with van der Waals surface area (Å²) in [4.78, 5) is 10.6. The van der Waals surface area contributed by atoms with Gasteiger partial charge in [0.15, 0.2) is 5.16 Å². The molecule has 0 fully saturated rings. The van der Waals surface area contributed by atoms with Crippen molar-refractivity contribution in [2.45, 2.75) is 17.5 Å². The summed E-state index contributed by atoms with van der Waals surface area (Å²) >= 11 is 3.49. The molecule has 0 aliphatic heterocycles. The summed E-state index contributed by atoms with van der Waals surface area (Å²) in [6, 6.07) is 18.6. The molecule has 2 heterocycles. The largest absolute Gasteiger partial charge is 0.383 e. The fraction of sp³-hybridized carbons (Fsp3) is 0.200. The Morgan fingerprint density at radius 2 is 1.88 bits per heavy atom. The van der Waals surface area contributed by atoms with Crippen LogP contribution < -0.4 is 0 Å². The van der Waals surface area contributed by atoms with E-state index >= 15 is 0 Å². The molecule has 2 aromatic carbocycles. The van der Waals surface area contributed by atoms with Gasteiger partial charge in [0, 0.05) is 36.0 Å². The number of hydrogen-bond acceptors (Lipinski definition) is 5. The van der Waals surface area contributed by atoms with Crippen molar-refractivity contribution in [3.05, 3.63) is 65.7 Å². The Hall–Kier alpha value is -2.15. The minimum Gasteiger partial charge on any atom is -0.383 e. The first-order valence-electron chi connectivity index (χ1n) is 8.42. The van der Waals surface area contributed by atoms with E-state index in [0.717, 1.165) is 33.5 Å². The Kier molecular flexibility index (Phi) is 5.34. The predicted molar refractivity (Wildman–Crippen MR) is 109 cm³/mol. The third-order valence-electron chi connectivity index (χ3n) is 4.06. The highest BCUT2D eigenvalue weighted by molar-refractivity contribution is 7.98. The van der Waals surface area contributed by atoms with E-state index in [0.29, 0.717) is 6.61 Å². The van der Waals surface area contributed by atoms with Crippen LogP contribution in [0.1, 0.15) is 4.88 Å². The van der Waals surface area contributed by atoms with Gasteiger partial charge in [0.2, 0.25) is 0 Å². The van der Waals surface area contributed by atoms with Gasteiger partial charge in [-0.1, -0.05) is 54.2 Å². The van der Waals surface area contributed by atoms with Crippen molar-refractivity contribution >= 4 is 34.1 Å². The molecule has 0 bridgehead atoms. The van der Waals surface area contributed by atoms with Crippen molar-refractivity contribution in [3.63, 3.8) is 0 Å². The van der Waals surface area contributed by atoms with Crippen molar-refractivity contribution < 1.29 is 4.74 Å². The predicted octanol–water partition coefficient (Wildman–Crippen LogP) is 5.10. The Bertz CT molecular complexity index is 995. The van der Waals surface area contributed by atoms with Gasteiger partial charge in [-0.3, -0.25) is 0 Å². The van der Waals surface area contributed by atoms with Crippen molar-refractivity contribution in [2.75, 3.05) is 13.7 Å². The fourth-order valence-electron chi connectivity index (χ4n) is 2.79. The quantitative estimate of drug-likeness (QED) is 0.418. The zero-order chi connectivity index (χ0) is 17.8. The summed E-state index contributed by atoms with van der Waals surface area (Å²) in [5.74, 6) is 0.862. The molecule has 0 saturated carbocycles. The molecule has 4 rings (SSSR count). The fourth-order valence-corrected chi connectivity index (χ4v) is 4.77. The number of rotatable bonds is 7. The maximum Gasteiger partial charge on any atom is 0.169 e. The molecule has 4 nitrogen and oxygen atoms in total. The van der Waals surface area contributed by atoms with E-state index in [1.54, 1.807) is 30.2 Å². The van der Waals surface area contributed by atoms with Crippen molar-refractivity contribution in [1.29, 1.82) is 0 Å². The lowest BCUT2D eigenvalue weighted by atomic mass is 10.2. The van der Waals surface area contributed by atoms with E-state index < -0.39 is 0 Å². The first kappa shape index (κ1) is 17.3. The Labute approximate surface area is 160 Å². The number of nitrogens with zero attached hydrogens (tertiary/aromatic N) is 3. The average Bonchev–Trinajstić information content (AvgIpc) is 3.30. The molecular weight excluding hydrogens is 362 g/mol. The lowest BCUT2D eigenvalue weighted by Crippen LogP contribution is -2.05.